The standard InChI is InChI=1S/C25H25ClF2N4O5/c1-24(2,3)21-25(4,5)32(23(34)35)19-10-18(30-22(33)31(19)21)36-12-13-8-15(27)20(16(28)9-13)37-14-6-7-17(26)29-11-14/h6-11,21H,12H2,1-5H3,(H,34,35). The molecule has 0 spiro atoms. The van der Waals surface area contributed by atoms with Gasteiger partial charge in [-0.1, -0.05) is 32.4 Å². The highest BCUT2D eigenvalue weighted by atomic mass is 35.5. The molecule has 3 heterocycles. The van der Waals surface area contributed by atoms with E-state index in [0.717, 1.165) is 17.0 Å². The fourth-order valence-corrected chi connectivity index (χ4v) is 5.07. The lowest BCUT2D eigenvalue weighted by atomic mass is 9.76. The van der Waals surface area contributed by atoms with Crippen molar-refractivity contribution in [3.63, 3.8) is 0 Å². The van der Waals surface area contributed by atoms with Crippen LogP contribution < -0.4 is 20.1 Å². The minimum Gasteiger partial charge on any atom is -0.473 e. The maximum atomic E-state index is 14.6. The number of ether oxygens (including phenoxy) is 2. The summed E-state index contributed by atoms with van der Waals surface area (Å²) in [6.45, 7) is 8.85. The quantitative estimate of drug-likeness (QED) is 0.412. The van der Waals surface area contributed by atoms with E-state index < -0.39 is 46.2 Å². The molecule has 1 aliphatic rings. The number of fused-ring (bicyclic) bond motifs is 1. The maximum absolute atomic E-state index is 14.6. The molecule has 0 saturated carbocycles. The molecule has 2 aromatic heterocycles. The number of nitrogens with zero attached hydrogens (tertiary/aromatic N) is 4. The van der Waals surface area contributed by atoms with Crippen LogP contribution in [0.25, 0.3) is 0 Å². The van der Waals surface area contributed by atoms with E-state index in [9.17, 15) is 23.5 Å². The zero-order valence-electron chi connectivity index (χ0n) is 20.8. The molecule has 196 valence electrons. The van der Waals surface area contributed by atoms with Gasteiger partial charge in [0.1, 0.15) is 23.3 Å². The van der Waals surface area contributed by atoms with Crippen molar-refractivity contribution in [2.24, 2.45) is 5.41 Å². The molecular weight excluding hydrogens is 510 g/mol. The third kappa shape index (κ3) is 4.95. The maximum Gasteiger partial charge on any atom is 0.413 e. The number of hydrogen-bond donors (Lipinski definition) is 1. The van der Waals surface area contributed by atoms with Crippen LogP contribution in [-0.4, -0.2) is 31.3 Å². The second kappa shape index (κ2) is 9.29. The molecule has 1 aliphatic heterocycles. The Hall–Kier alpha value is -3.73. The van der Waals surface area contributed by atoms with Crippen LogP contribution in [0.3, 0.4) is 0 Å². The first-order chi connectivity index (χ1) is 17.2. The van der Waals surface area contributed by atoms with Crippen LogP contribution in [0.4, 0.5) is 19.4 Å². The minimum absolute atomic E-state index is 0.0912. The SMILES string of the molecule is CC(C)(C)C1n2c(cc(OCc3cc(F)c(Oc4ccc(Cl)nc4)c(F)c3)nc2=O)N(C(=O)O)C1(C)C. The molecule has 12 heteroatoms. The van der Waals surface area contributed by atoms with E-state index in [4.69, 9.17) is 21.1 Å². The topological polar surface area (TPSA) is 107 Å². The molecular formula is C25H25ClF2N4O5. The Kier molecular flexibility index (Phi) is 6.61. The van der Waals surface area contributed by atoms with E-state index in [0.29, 0.717) is 0 Å². The molecule has 0 radical (unpaired) electrons. The lowest BCUT2D eigenvalue weighted by Crippen LogP contribution is -2.50. The van der Waals surface area contributed by atoms with Gasteiger partial charge in [0.25, 0.3) is 0 Å². The Morgan fingerprint density at radius 1 is 1.19 bits per heavy atom. The smallest absolute Gasteiger partial charge is 0.413 e. The lowest BCUT2D eigenvalue weighted by Gasteiger charge is -2.40. The van der Waals surface area contributed by atoms with Gasteiger partial charge in [0.05, 0.1) is 17.8 Å². The van der Waals surface area contributed by atoms with Crippen LogP contribution in [-0.2, 0) is 6.61 Å². The number of halogens is 3. The predicted molar refractivity (Wildman–Crippen MR) is 132 cm³/mol. The van der Waals surface area contributed by atoms with Crippen molar-refractivity contribution in [3.05, 3.63) is 69.4 Å². The van der Waals surface area contributed by atoms with Gasteiger partial charge in [-0.25, -0.2) is 23.4 Å². The summed E-state index contributed by atoms with van der Waals surface area (Å²) < 4.78 is 41.4. The first kappa shape index (κ1) is 26.3. The average molecular weight is 535 g/mol. The van der Waals surface area contributed by atoms with Crippen LogP contribution in [0.2, 0.25) is 5.15 Å². The molecule has 1 N–H and O–H groups in total. The van der Waals surface area contributed by atoms with E-state index in [2.05, 4.69) is 9.97 Å². The first-order valence-electron chi connectivity index (χ1n) is 11.3. The summed E-state index contributed by atoms with van der Waals surface area (Å²) in [4.78, 5) is 34.0. The highest BCUT2D eigenvalue weighted by Gasteiger charge is 2.53. The zero-order valence-corrected chi connectivity index (χ0v) is 21.5. The van der Waals surface area contributed by atoms with Crippen molar-refractivity contribution in [3.8, 4) is 17.4 Å². The molecule has 1 atom stereocenters. The first-order valence-corrected chi connectivity index (χ1v) is 11.6. The fourth-order valence-electron chi connectivity index (χ4n) is 4.96. The van der Waals surface area contributed by atoms with E-state index in [1.54, 1.807) is 13.8 Å². The lowest BCUT2D eigenvalue weighted by molar-refractivity contribution is 0.160. The summed E-state index contributed by atoms with van der Waals surface area (Å²) in [7, 11) is 0. The molecule has 37 heavy (non-hydrogen) atoms. The van der Waals surface area contributed by atoms with Gasteiger partial charge < -0.3 is 14.6 Å². The minimum atomic E-state index is -1.24. The largest absolute Gasteiger partial charge is 0.473 e. The number of pyridine rings is 1. The molecule has 0 bridgehead atoms. The second-order valence-electron chi connectivity index (χ2n) is 10.2. The van der Waals surface area contributed by atoms with E-state index in [1.807, 2.05) is 20.8 Å². The molecule has 1 unspecified atom stereocenters. The van der Waals surface area contributed by atoms with Crippen LogP contribution in [0.15, 0.2) is 41.3 Å². The van der Waals surface area contributed by atoms with Gasteiger partial charge in [-0.2, -0.15) is 4.98 Å². The van der Waals surface area contributed by atoms with Crippen molar-refractivity contribution < 1.29 is 28.2 Å². The number of rotatable bonds is 5. The molecule has 9 nitrogen and oxygen atoms in total. The van der Waals surface area contributed by atoms with Gasteiger partial charge in [0.15, 0.2) is 17.4 Å². The van der Waals surface area contributed by atoms with Crippen LogP contribution >= 0.6 is 11.6 Å². The van der Waals surface area contributed by atoms with Crippen molar-refractivity contribution in [1.82, 2.24) is 14.5 Å². The van der Waals surface area contributed by atoms with E-state index in [-0.39, 0.29) is 34.8 Å². The van der Waals surface area contributed by atoms with Gasteiger partial charge in [-0.05, 0) is 49.1 Å². The number of amides is 1. The molecule has 0 fully saturated rings. The molecule has 1 aromatic carbocycles. The summed E-state index contributed by atoms with van der Waals surface area (Å²) >= 11 is 5.70. The Bertz CT molecular complexity index is 1400. The van der Waals surface area contributed by atoms with Gasteiger partial charge in [-0.15, -0.1) is 0 Å². The molecule has 0 aliphatic carbocycles. The van der Waals surface area contributed by atoms with Gasteiger partial charge in [0.2, 0.25) is 5.88 Å². The summed E-state index contributed by atoms with van der Waals surface area (Å²) in [6, 6.07) is 5.69. The van der Waals surface area contributed by atoms with Crippen LogP contribution in [0.5, 0.6) is 17.4 Å². The molecule has 0 saturated heterocycles. The van der Waals surface area contributed by atoms with Crippen LogP contribution in [0.1, 0.15) is 46.2 Å². The third-order valence-corrected chi connectivity index (χ3v) is 6.24. The Morgan fingerprint density at radius 3 is 2.38 bits per heavy atom. The summed E-state index contributed by atoms with van der Waals surface area (Å²) in [5, 5.41) is 10.1. The Balaban J connectivity index is 1.61. The predicted octanol–water partition coefficient (Wildman–Crippen LogP) is 5.81. The van der Waals surface area contributed by atoms with Crippen LogP contribution in [0, 0.1) is 17.0 Å². The Labute approximate surface area is 216 Å². The van der Waals surface area contributed by atoms with Crippen molar-refractivity contribution in [2.45, 2.75) is 52.8 Å². The molecule has 3 aromatic rings. The number of benzene rings is 1. The molecule has 4 rings (SSSR count). The van der Waals surface area contributed by atoms with Crippen molar-refractivity contribution >= 4 is 23.5 Å². The van der Waals surface area contributed by atoms with E-state index >= 15 is 0 Å². The van der Waals surface area contributed by atoms with Gasteiger partial charge in [0, 0.05) is 6.07 Å². The molecule has 1 amide bonds. The van der Waals surface area contributed by atoms with E-state index in [1.165, 1.54) is 29.0 Å². The average Bonchev–Trinajstić information content (AvgIpc) is 3.03. The van der Waals surface area contributed by atoms with Crippen molar-refractivity contribution in [2.75, 3.05) is 4.90 Å². The number of anilines is 1. The summed E-state index contributed by atoms with van der Waals surface area (Å²) in [5.41, 5.74) is -2.03. The Morgan fingerprint density at radius 2 is 1.84 bits per heavy atom. The third-order valence-electron chi connectivity index (χ3n) is 6.02. The van der Waals surface area contributed by atoms with Gasteiger partial charge >= 0.3 is 11.8 Å². The fraction of sp³-hybridized carbons (Fsp3) is 0.360. The van der Waals surface area contributed by atoms with Gasteiger partial charge in [-0.3, -0.25) is 9.47 Å². The summed E-state index contributed by atoms with van der Waals surface area (Å²) in [5.74, 6) is -2.58. The number of hydrogen-bond acceptors (Lipinski definition) is 6. The van der Waals surface area contributed by atoms with Crippen molar-refractivity contribution in [1.29, 1.82) is 0 Å². The monoisotopic (exact) mass is 534 g/mol. The number of carboxylic acid groups (broad SMARTS) is 1. The number of aromatic nitrogens is 3. The zero-order chi connectivity index (χ0) is 27.3. The second-order valence-corrected chi connectivity index (χ2v) is 10.6. The number of carbonyl (C=O) groups is 1. The highest BCUT2D eigenvalue weighted by molar-refractivity contribution is 6.29. The highest BCUT2D eigenvalue weighted by Crippen LogP contribution is 2.49. The normalized spacial score (nSPS) is 16.4. The summed E-state index contributed by atoms with van der Waals surface area (Å²) in [6.07, 6.45) is -0.0139.